The van der Waals surface area contributed by atoms with Gasteiger partial charge in [0.15, 0.2) is 17.3 Å². The van der Waals surface area contributed by atoms with Crippen LogP contribution in [0.15, 0.2) is 52.6 Å². The van der Waals surface area contributed by atoms with Crippen molar-refractivity contribution in [3.05, 3.63) is 70.5 Å². The summed E-state index contributed by atoms with van der Waals surface area (Å²) in [6.45, 7) is 3.58. The van der Waals surface area contributed by atoms with Crippen LogP contribution in [0.1, 0.15) is 28.5 Å². The number of amides is 1. The lowest BCUT2D eigenvalue weighted by molar-refractivity contribution is -0.132. The molecule has 2 aromatic carbocycles. The van der Waals surface area contributed by atoms with Crippen LogP contribution in [-0.4, -0.2) is 43.3 Å². The number of hydrogen-bond donors (Lipinski definition) is 1. The van der Waals surface area contributed by atoms with Crippen molar-refractivity contribution in [1.29, 1.82) is 0 Å². The summed E-state index contributed by atoms with van der Waals surface area (Å²) in [5, 5.41) is 15.1. The second kappa shape index (κ2) is 8.93. The normalized spacial score (nSPS) is 17.2. The Kier molecular flexibility index (Phi) is 6.02. The van der Waals surface area contributed by atoms with E-state index in [4.69, 9.17) is 18.7 Å². The van der Waals surface area contributed by atoms with Crippen molar-refractivity contribution in [2.45, 2.75) is 19.9 Å². The standard InChI is InChI=1S/C25H24N2O7/c1-13-6-8-15(9-7-13)22(28)20-21(16-11-17(31-3)24(33-5)18(12-16)32-4)27(25(30)23(20)29)19-10-14(2)34-26-19/h6-12,21,28H,1-5H3/b22-20+/t21-/m0/s1. The number of carbonyl (C=O) groups is 2. The molecule has 176 valence electrons. The first kappa shape index (κ1) is 22.9. The molecule has 0 radical (unpaired) electrons. The maximum absolute atomic E-state index is 13.2. The Morgan fingerprint density at radius 1 is 0.971 bits per heavy atom. The van der Waals surface area contributed by atoms with Crippen LogP contribution in [0.5, 0.6) is 17.2 Å². The third kappa shape index (κ3) is 3.75. The van der Waals surface area contributed by atoms with Gasteiger partial charge in [0.05, 0.1) is 32.9 Å². The number of ketones is 1. The molecule has 0 bridgehead atoms. The van der Waals surface area contributed by atoms with E-state index in [-0.39, 0.29) is 17.2 Å². The molecule has 34 heavy (non-hydrogen) atoms. The minimum atomic E-state index is -1.03. The van der Waals surface area contributed by atoms with E-state index in [1.165, 1.54) is 26.2 Å². The molecule has 1 aliphatic heterocycles. The summed E-state index contributed by atoms with van der Waals surface area (Å²) in [5.74, 6) is -0.400. The van der Waals surface area contributed by atoms with E-state index in [1.54, 1.807) is 49.4 Å². The van der Waals surface area contributed by atoms with Crippen LogP contribution in [0.2, 0.25) is 0 Å². The van der Waals surface area contributed by atoms with E-state index in [0.717, 1.165) is 5.56 Å². The summed E-state index contributed by atoms with van der Waals surface area (Å²) in [5.41, 5.74) is 1.74. The van der Waals surface area contributed by atoms with Gasteiger partial charge in [-0.1, -0.05) is 35.0 Å². The summed E-state index contributed by atoms with van der Waals surface area (Å²) in [6, 6.07) is 10.7. The zero-order chi connectivity index (χ0) is 24.6. The largest absolute Gasteiger partial charge is 0.507 e. The highest BCUT2D eigenvalue weighted by Crippen LogP contribution is 2.46. The molecular formula is C25H24N2O7. The highest BCUT2D eigenvalue weighted by atomic mass is 16.5. The second-order valence-electron chi connectivity index (χ2n) is 7.79. The second-order valence-corrected chi connectivity index (χ2v) is 7.79. The lowest BCUT2D eigenvalue weighted by Crippen LogP contribution is -2.29. The van der Waals surface area contributed by atoms with Gasteiger partial charge in [0.25, 0.3) is 5.78 Å². The number of rotatable bonds is 6. The molecule has 0 aliphatic carbocycles. The Bertz CT molecular complexity index is 1270. The Morgan fingerprint density at radius 3 is 2.09 bits per heavy atom. The number of anilines is 1. The zero-order valence-electron chi connectivity index (χ0n) is 19.4. The molecule has 1 atom stereocenters. The first-order valence-corrected chi connectivity index (χ1v) is 10.4. The van der Waals surface area contributed by atoms with E-state index < -0.39 is 17.7 Å². The van der Waals surface area contributed by atoms with Gasteiger partial charge >= 0.3 is 5.91 Å². The van der Waals surface area contributed by atoms with Gasteiger partial charge in [-0.2, -0.15) is 0 Å². The Hall–Kier alpha value is -4.27. The van der Waals surface area contributed by atoms with Crippen LogP contribution >= 0.6 is 0 Å². The molecule has 3 aromatic rings. The number of aliphatic hydroxyl groups excluding tert-OH is 1. The quantitative estimate of drug-likeness (QED) is 0.332. The van der Waals surface area contributed by atoms with Crippen molar-refractivity contribution >= 4 is 23.3 Å². The van der Waals surface area contributed by atoms with Gasteiger partial charge in [0, 0.05) is 11.6 Å². The third-order valence-electron chi connectivity index (χ3n) is 5.63. The summed E-state index contributed by atoms with van der Waals surface area (Å²) < 4.78 is 21.5. The maximum atomic E-state index is 13.2. The number of benzene rings is 2. The SMILES string of the molecule is COc1cc([C@H]2/C(=C(\O)c3ccc(C)cc3)C(=O)C(=O)N2c2cc(C)on2)cc(OC)c1OC. The van der Waals surface area contributed by atoms with Crippen molar-refractivity contribution in [3.63, 3.8) is 0 Å². The van der Waals surface area contributed by atoms with E-state index in [9.17, 15) is 14.7 Å². The van der Waals surface area contributed by atoms with Crippen molar-refractivity contribution < 1.29 is 33.4 Å². The highest BCUT2D eigenvalue weighted by molar-refractivity contribution is 6.51. The molecule has 9 nitrogen and oxygen atoms in total. The summed E-state index contributed by atoms with van der Waals surface area (Å²) in [4.78, 5) is 27.6. The van der Waals surface area contributed by atoms with Crippen LogP contribution in [0.3, 0.4) is 0 Å². The molecule has 1 N–H and O–H groups in total. The number of aromatic nitrogens is 1. The van der Waals surface area contributed by atoms with Crippen LogP contribution in [0.25, 0.3) is 5.76 Å². The number of ether oxygens (including phenoxy) is 3. The molecule has 1 aliphatic rings. The van der Waals surface area contributed by atoms with Crippen LogP contribution in [-0.2, 0) is 9.59 Å². The first-order chi connectivity index (χ1) is 16.3. The lowest BCUT2D eigenvalue weighted by atomic mass is 9.94. The summed E-state index contributed by atoms with van der Waals surface area (Å²) >= 11 is 0. The van der Waals surface area contributed by atoms with Crippen molar-refractivity contribution in [1.82, 2.24) is 5.16 Å². The number of aliphatic hydroxyl groups is 1. The molecule has 9 heteroatoms. The highest BCUT2D eigenvalue weighted by Gasteiger charge is 2.48. The minimum Gasteiger partial charge on any atom is -0.507 e. The predicted molar refractivity (Wildman–Crippen MR) is 123 cm³/mol. The number of nitrogens with zero attached hydrogens (tertiary/aromatic N) is 2. The average Bonchev–Trinajstić information content (AvgIpc) is 3.38. The third-order valence-corrected chi connectivity index (χ3v) is 5.63. The van der Waals surface area contributed by atoms with E-state index in [0.29, 0.717) is 34.1 Å². The van der Waals surface area contributed by atoms with Gasteiger partial charge in [-0.25, -0.2) is 0 Å². The van der Waals surface area contributed by atoms with Gasteiger partial charge in [-0.15, -0.1) is 0 Å². The summed E-state index contributed by atoms with van der Waals surface area (Å²) in [7, 11) is 4.40. The smallest absolute Gasteiger partial charge is 0.301 e. The maximum Gasteiger partial charge on any atom is 0.301 e. The van der Waals surface area contributed by atoms with E-state index >= 15 is 0 Å². The molecule has 1 amide bonds. The van der Waals surface area contributed by atoms with E-state index in [1.807, 2.05) is 6.92 Å². The lowest BCUT2D eigenvalue weighted by Gasteiger charge is -2.24. The minimum absolute atomic E-state index is 0.0937. The van der Waals surface area contributed by atoms with Gasteiger partial charge in [0.2, 0.25) is 5.75 Å². The predicted octanol–water partition coefficient (Wildman–Crippen LogP) is 3.94. The van der Waals surface area contributed by atoms with Crippen molar-refractivity contribution in [2.24, 2.45) is 0 Å². The fourth-order valence-corrected chi connectivity index (χ4v) is 3.98. The number of carbonyl (C=O) groups excluding carboxylic acids is 2. The molecular weight excluding hydrogens is 440 g/mol. The number of methoxy groups -OCH3 is 3. The fraction of sp³-hybridized carbons (Fsp3) is 0.240. The van der Waals surface area contributed by atoms with Gasteiger partial charge in [0.1, 0.15) is 11.5 Å². The Balaban J connectivity index is 2.00. The topological polar surface area (TPSA) is 111 Å². The van der Waals surface area contributed by atoms with Crippen LogP contribution in [0, 0.1) is 13.8 Å². The molecule has 0 unspecified atom stereocenters. The van der Waals surface area contributed by atoms with E-state index in [2.05, 4.69) is 5.16 Å². The molecule has 4 rings (SSSR count). The average molecular weight is 464 g/mol. The molecule has 0 spiro atoms. The first-order valence-electron chi connectivity index (χ1n) is 10.4. The fourth-order valence-electron chi connectivity index (χ4n) is 3.98. The Labute approximate surface area is 196 Å². The van der Waals surface area contributed by atoms with Gasteiger partial charge in [-0.05, 0) is 31.5 Å². The molecule has 1 fully saturated rings. The Morgan fingerprint density at radius 2 is 1.59 bits per heavy atom. The van der Waals surface area contributed by atoms with Crippen molar-refractivity contribution in [3.8, 4) is 17.2 Å². The number of hydrogen-bond acceptors (Lipinski definition) is 8. The molecule has 0 saturated carbocycles. The van der Waals surface area contributed by atoms with Crippen LogP contribution in [0.4, 0.5) is 5.82 Å². The van der Waals surface area contributed by atoms with Crippen molar-refractivity contribution in [2.75, 3.05) is 26.2 Å². The number of Topliss-reactive ketones (excluding diaryl/α,β-unsaturated/α-hetero) is 1. The molecule has 1 saturated heterocycles. The molecule has 2 heterocycles. The van der Waals surface area contributed by atoms with Crippen LogP contribution < -0.4 is 19.1 Å². The molecule has 1 aromatic heterocycles. The monoisotopic (exact) mass is 464 g/mol. The van der Waals surface area contributed by atoms with Gasteiger partial charge < -0.3 is 23.8 Å². The van der Waals surface area contributed by atoms with Gasteiger partial charge in [-0.3, -0.25) is 14.5 Å². The zero-order valence-corrected chi connectivity index (χ0v) is 19.4. The number of aryl methyl sites for hydroxylation is 2. The summed E-state index contributed by atoms with van der Waals surface area (Å²) in [6.07, 6.45) is 0.